The lowest BCUT2D eigenvalue weighted by atomic mass is 10.00. The van der Waals surface area contributed by atoms with Crippen LogP contribution in [-0.2, 0) is 0 Å². The van der Waals surface area contributed by atoms with E-state index in [-0.39, 0.29) is 0 Å². The third kappa shape index (κ3) is 5.23. The Bertz CT molecular complexity index is 3170. The number of benzene rings is 8. The largest absolute Gasteiger partial charge is 0.309 e. The highest BCUT2D eigenvalue weighted by Gasteiger charge is 2.21. The summed E-state index contributed by atoms with van der Waals surface area (Å²) in [4.78, 5) is 10.1. The molecule has 3 aromatic heterocycles. The summed E-state index contributed by atoms with van der Waals surface area (Å²) < 4.78 is 4.86. The molecule has 0 radical (unpaired) electrons. The third-order valence-electron chi connectivity index (χ3n) is 10.9. The normalized spacial score (nSPS) is 11.6. The number of para-hydroxylation sites is 3. The molecule has 4 nitrogen and oxygen atoms in total. The van der Waals surface area contributed by atoms with Gasteiger partial charge in [0.05, 0.1) is 33.5 Å². The lowest BCUT2D eigenvalue weighted by Gasteiger charge is -2.13. The van der Waals surface area contributed by atoms with Crippen LogP contribution < -0.4 is 0 Å². The van der Waals surface area contributed by atoms with Gasteiger partial charge in [-0.2, -0.15) is 0 Å². The molecule has 11 rings (SSSR count). The van der Waals surface area contributed by atoms with Crippen LogP contribution in [0.15, 0.2) is 206 Å². The van der Waals surface area contributed by atoms with Crippen molar-refractivity contribution in [1.29, 1.82) is 0 Å². The van der Waals surface area contributed by atoms with Gasteiger partial charge in [0, 0.05) is 49.6 Å². The van der Waals surface area contributed by atoms with Gasteiger partial charge < -0.3 is 9.13 Å². The first kappa shape index (κ1) is 31.9. The second kappa shape index (κ2) is 13.1. The Labute approximate surface area is 324 Å². The van der Waals surface area contributed by atoms with Gasteiger partial charge in [0.25, 0.3) is 0 Å². The summed E-state index contributed by atoms with van der Waals surface area (Å²) in [6, 6.07) is 73.2. The molecule has 262 valence electrons. The van der Waals surface area contributed by atoms with Crippen molar-refractivity contribution in [2.45, 2.75) is 0 Å². The number of aromatic nitrogens is 4. The monoisotopic (exact) mass is 714 g/mol. The van der Waals surface area contributed by atoms with Gasteiger partial charge in [-0.15, -0.1) is 0 Å². The molecule has 4 heteroatoms. The average Bonchev–Trinajstić information content (AvgIpc) is 3.80. The van der Waals surface area contributed by atoms with Gasteiger partial charge in [-0.05, 0) is 65.7 Å². The van der Waals surface area contributed by atoms with E-state index in [1.54, 1.807) is 0 Å². The molecular weight excluding hydrogens is 681 g/mol. The topological polar surface area (TPSA) is 35.6 Å². The maximum Gasteiger partial charge on any atom is 0.160 e. The lowest BCUT2D eigenvalue weighted by Crippen LogP contribution is -1.96. The quantitative estimate of drug-likeness (QED) is 0.172. The highest BCUT2D eigenvalue weighted by atomic mass is 15.0. The van der Waals surface area contributed by atoms with E-state index in [9.17, 15) is 0 Å². The fourth-order valence-corrected chi connectivity index (χ4v) is 8.38. The van der Waals surface area contributed by atoms with Crippen LogP contribution in [-0.4, -0.2) is 19.1 Å². The smallest absolute Gasteiger partial charge is 0.160 e. The summed E-state index contributed by atoms with van der Waals surface area (Å²) in [6.07, 6.45) is 0. The van der Waals surface area contributed by atoms with Crippen LogP contribution in [0.5, 0.6) is 0 Å². The Morgan fingerprint density at radius 2 is 0.839 bits per heavy atom. The minimum atomic E-state index is 0.709. The first-order valence-corrected chi connectivity index (χ1v) is 19.0. The first-order valence-electron chi connectivity index (χ1n) is 19.0. The van der Waals surface area contributed by atoms with Gasteiger partial charge in [0.15, 0.2) is 5.82 Å². The third-order valence-corrected chi connectivity index (χ3v) is 10.9. The van der Waals surface area contributed by atoms with Crippen molar-refractivity contribution in [2.75, 3.05) is 0 Å². The van der Waals surface area contributed by atoms with Crippen LogP contribution in [0.1, 0.15) is 0 Å². The molecule has 56 heavy (non-hydrogen) atoms. The molecule has 0 fully saturated rings. The number of rotatable bonds is 6. The predicted molar refractivity (Wildman–Crippen MR) is 232 cm³/mol. The summed E-state index contributed by atoms with van der Waals surface area (Å²) in [6.45, 7) is 0. The molecule has 0 unspecified atom stereocenters. The molecule has 0 aliphatic heterocycles. The van der Waals surface area contributed by atoms with Gasteiger partial charge in [-0.1, -0.05) is 152 Å². The Balaban J connectivity index is 1.10. The van der Waals surface area contributed by atoms with E-state index in [1.807, 2.05) is 24.3 Å². The van der Waals surface area contributed by atoms with E-state index >= 15 is 0 Å². The number of fused-ring (bicyclic) bond motifs is 7. The second-order valence-corrected chi connectivity index (χ2v) is 14.2. The molecule has 0 bridgehead atoms. The van der Waals surface area contributed by atoms with Gasteiger partial charge in [0.2, 0.25) is 0 Å². The summed E-state index contributed by atoms with van der Waals surface area (Å²) in [5, 5.41) is 4.96. The molecule has 0 saturated carbocycles. The van der Waals surface area contributed by atoms with Crippen LogP contribution in [0.4, 0.5) is 0 Å². The van der Waals surface area contributed by atoms with Crippen molar-refractivity contribution in [3.8, 4) is 56.4 Å². The van der Waals surface area contributed by atoms with Crippen molar-refractivity contribution in [2.24, 2.45) is 0 Å². The zero-order valence-corrected chi connectivity index (χ0v) is 30.4. The SMILES string of the molecule is c1ccc(-c2cc(-c3cccc(-c4cccc(-n5c6ccccc6c6ccc7c(c8ccccc8n7-c7ccccc7)c65)c4)c3)nc(-c3ccccc3)n2)cc1. The Hall–Kier alpha value is -7.56. The zero-order chi connectivity index (χ0) is 37.0. The molecule has 0 amide bonds. The Kier molecular flexibility index (Phi) is 7.46. The van der Waals surface area contributed by atoms with Gasteiger partial charge in [-0.25, -0.2) is 9.97 Å². The number of nitrogens with zero attached hydrogens (tertiary/aromatic N) is 4. The fraction of sp³-hybridized carbons (Fsp3) is 0. The molecule has 0 N–H and O–H groups in total. The molecule has 0 spiro atoms. The van der Waals surface area contributed by atoms with Crippen molar-refractivity contribution >= 4 is 43.6 Å². The lowest BCUT2D eigenvalue weighted by molar-refractivity contribution is 1.17. The van der Waals surface area contributed by atoms with Crippen LogP contribution in [0.2, 0.25) is 0 Å². The molecule has 3 heterocycles. The van der Waals surface area contributed by atoms with Crippen LogP contribution in [0.25, 0.3) is 100 Å². The van der Waals surface area contributed by atoms with E-state index in [0.717, 1.165) is 50.6 Å². The van der Waals surface area contributed by atoms with Crippen LogP contribution >= 0.6 is 0 Å². The number of hydrogen-bond donors (Lipinski definition) is 0. The highest BCUT2D eigenvalue weighted by Crippen LogP contribution is 2.42. The van der Waals surface area contributed by atoms with Crippen molar-refractivity contribution in [3.63, 3.8) is 0 Å². The molecule has 8 aromatic carbocycles. The molecular formula is C52H34N4. The van der Waals surface area contributed by atoms with Crippen molar-refractivity contribution in [3.05, 3.63) is 206 Å². The highest BCUT2D eigenvalue weighted by molar-refractivity contribution is 6.26. The molecule has 11 aromatic rings. The van der Waals surface area contributed by atoms with E-state index in [1.165, 1.54) is 43.6 Å². The van der Waals surface area contributed by atoms with E-state index in [2.05, 4.69) is 191 Å². The summed E-state index contributed by atoms with van der Waals surface area (Å²) >= 11 is 0. The molecule has 0 saturated heterocycles. The second-order valence-electron chi connectivity index (χ2n) is 14.2. The maximum atomic E-state index is 5.12. The summed E-state index contributed by atoms with van der Waals surface area (Å²) in [5.74, 6) is 0.709. The minimum absolute atomic E-state index is 0.709. The zero-order valence-electron chi connectivity index (χ0n) is 30.4. The van der Waals surface area contributed by atoms with Crippen molar-refractivity contribution < 1.29 is 0 Å². The van der Waals surface area contributed by atoms with Crippen LogP contribution in [0, 0.1) is 0 Å². The Morgan fingerprint density at radius 1 is 0.304 bits per heavy atom. The maximum absolute atomic E-state index is 5.12. The molecule has 0 aliphatic rings. The fourth-order valence-electron chi connectivity index (χ4n) is 8.38. The average molecular weight is 715 g/mol. The van der Waals surface area contributed by atoms with Gasteiger partial charge in [0.1, 0.15) is 0 Å². The summed E-state index contributed by atoms with van der Waals surface area (Å²) in [7, 11) is 0. The van der Waals surface area contributed by atoms with E-state index in [4.69, 9.17) is 9.97 Å². The molecule has 0 atom stereocenters. The standard InChI is InChI=1S/C52H34N4/c1-4-16-35(17-5-1)45-34-46(54-52(53-45)36-18-6-2-7-19-36)39-22-14-20-37(32-39)38-21-15-25-41(33-38)56-47-28-12-10-26-42(47)43-30-31-49-50(51(43)56)44-27-11-13-29-48(44)55(49)40-23-8-3-9-24-40/h1-34H. The predicted octanol–water partition coefficient (Wildman–Crippen LogP) is 13.3. The Morgan fingerprint density at radius 3 is 1.59 bits per heavy atom. The minimum Gasteiger partial charge on any atom is -0.309 e. The first-order chi connectivity index (χ1) is 27.8. The van der Waals surface area contributed by atoms with Gasteiger partial charge >= 0.3 is 0 Å². The molecule has 0 aliphatic carbocycles. The van der Waals surface area contributed by atoms with Crippen LogP contribution in [0.3, 0.4) is 0 Å². The van der Waals surface area contributed by atoms with E-state index < -0.39 is 0 Å². The summed E-state index contributed by atoms with van der Waals surface area (Å²) in [5.41, 5.74) is 14.2. The number of hydrogen-bond acceptors (Lipinski definition) is 2. The van der Waals surface area contributed by atoms with Crippen molar-refractivity contribution in [1.82, 2.24) is 19.1 Å². The van der Waals surface area contributed by atoms with Gasteiger partial charge in [-0.3, -0.25) is 0 Å². The van der Waals surface area contributed by atoms with E-state index in [0.29, 0.717) is 5.82 Å².